The molecular formula is C23H19ClN4O5S2. The predicted molar refractivity (Wildman–Crippen MR) is 134 cm³/mol. The number of carbonyl (C=O) groups excluding carboxylic acids is 3. The molecule has 3 N–H and O–H groups in total. The molecule has 0 saturated heterocycles. The zero-order chi connectivity index (χ0) is 24.7. The Kier molecular flexibility index (Phi) is 5.99. The fourth-order valence-corrected chi connectivity index (χ4v) is 6.09. The average Bonchev–Trinajstić information content (AvgIpc) is 3.49. The lowest BCUT2D eigenvalue weighted by molar-refractivity contribution is -0.117. The summed E-state index contributed by atoms with van der Waals surface area (Å²) in [4.78, 5) is 39.1. The van der Waals surface area contributed by atoms with Crippen molar-refractivity contribution in [3.63, 3.8) is 0 Å². The molecule has 9 nitrogen and oxygen atoms in total. The molecule has 180 valence electrons. The normalized spacial score (nSPS) is 15.5. The summed E-state index contributed by atoms with van der Waals surface area (Å²) in [5.74, 6) is -0.779. The molecule has 4 amide bonds. The van der Waals surface area contributed by atoms with E-state index in [9.17, 15) is 22.8 Å². The third kappa shape index (κ3) is 5.02. The molecule has 1 aromatic heterocycles. The van der Waals surface area contributed by atoms with Crippen LogP contribution < -0.4 is 20.3 Å². The van der Waals surface area contributed by atoms with Crippen LogP contribution in [-0.4, -0.2) is 32.3 Å². The van der Waals surface area contributed by atoms with E-state index in [0.717, 1.165) is 34.8 Å². The number of hydrogen-bond donors (Lipinski definition) is 3. The van der Waals surface area contributed by atoms with Gasteiger partial charge in [0.1, 0.15) is 4.21 Å². The minimum Gasteiger partial charge on any atom is -0.382 e. The van der Waals surface area contributed by atoms with Gasteiger partial charge in [-0.2, -0.15) is 0 Å². The fraction of sp³-hybridized carbons (Fsp3) is 0.174. The van der Waals surface area contributed by atoms with Crippen molar-refractivity contribution in [3.05, 3.63) is 70.1 Å². The van der Waals surface area contributed by atoms with E-state index in [4.69, 9.17) is 11.6 Å². The largest absolute Gasteiger partial charge is 0.382 e. The lowest BCUT2D eigenvalue weighted by atomic mass is 9.97. The quantitative estimate of drug-likeness (QED) is 0.410. The van der Waals surface area contributed by atoms with Gasteiger partial charge in [-0.05, 0) is 73.0 Å². The number of fused-ring (bicyclic) bond motifs is 1. The number of amides is 4. The van der Waals surface area contributed by atoms with Crippen LogP contribution in [0.5, 0.6) is 0 Å². The SMILES string of the molecule is O=C(Nc1ccc(N2C(=O)Cc3cc(NC4CC4)ccc3C2=O)cc1)NS(=O)(=O)c1ccc(Cl)s1. The van der Waals surface area contributed by atoms with Crippen molar-refractivity contribution in [3.8, 4) is 0 Å². The number of sulfonamides is 1. The number of nitrogens with one attached hydrogen (secondary N) is 3. The maximum atomic E-state index is 13.1. The molecule has 0 atom stereocenters. The number of imide groups is 1. The first-order valence-electron chi connectivity index (χ1n) is 10.7. The van der Waals surface area contributed by atoms with Crippen LogP contribution in [0.4, 0.5) is 21.9 Å². The van der Waals surface area contributed by atoms with Crippen LogP contribution >= 0.6 is 22.9 Å². The van der Waals surface area contributed by atoms with Gasteiger partial charge in [0.2, 0.25) is 5.91 Å². The standard InChI is InChI=1S/C23H19ClN4O5S2/c24-19-9-10-21(34-19)35(32,33)27-23(31)26-15-3-6-17(7-4-15)28-20(29)12-13-11-16(25-14-1-2-14)5-8-18(13)22(28)30/h3-11,14,25H,1-2,12H2,(H2,26,27,31). The van der Waals surface area contributed by atoms with Crippen molar-refractivity contribution < 1.29 is 22.8 Å². The number of rotatable bonds is 6. The van der Waals surface area contributed by atoms with E-state index in [1.807, 2.05) is 16.9 Å². The molecule has 35 heavy (non-hydrogen) atoms. The minimum absolute atomic E-state index is 0.0915. The third-order valence-electron chi connectivity index (χ3n) is 5.50. The molecule has 3 aromatic rings. The summed E-state index contributed by atoms with van der Waals surface area (Å²) in [6.07, 6.45) is 2.33. The number of halogens is 1. The molecule has 0 spiro atoms. The van der Waals surface area contributed by atoms with Gasteiger partial charge < -0.3 is 10.6 Å². The molecule has 0 unspecified atom stereocenters. The molecule has 1 fully saturated rings. The first-order valence-corrected chi connectivity index (χ1v) is 13.3. The Morgan fingerprint density at radius 3 is 2.37 bits per heavy atom. The van der Waals surface area contributed by atoms with Crippen LogP contribution in [-0.2, 0) is 21.2 Å². The molecule has 2 heterocycles. The fourth-order valence-electron chi connectivity index (χ4n) is 3.70. The predicted octanol–water partition coefficient (Wildman–Crippen LogP) is 4.22. The van der Waals surface area contributed by atoms with Crippen molar-refractivity contribution >= 4 is 67.9 Å². The first-order chi connectivity index (χ1) is 16.7. The highest BCUT2D eigenvalue weighted by Gasteiger charge is 2.32. The van der Waals surface area contributed by atoms with E-state index >= 15 is 0 Å². The molecule has 5 rings (SSSR count). The number of carbonyl (C=O) groups is 3. The number of hydrogen-bond acceptors (Lipinski definition) is 7. The first kappa shape index (κ1) is 23.3. The van der Waals surface area contributed by atoms with Crippen LogP contribution in [0.25, 0.3) is 0 Å². The van der Waals surface area contributed by atoms with E-state index < -0.39 is 22.0 Å². The molecule has 2 aromatic carbocycles. The summed E-state index contributed by atoms with van der Waals surface area (Å²) >= 11 is 6.58. The number of urea groups is 1. The Balaban J connectivity index is 1.27. The van der Waals surface area contributed by atoms with E-state index in [1.165, 1.54) is 36.4 Å². The Labute approximate surface area is 210 Å². The highest BCUT2D eigenvalue weighted by molar-refractivity contribution is 7.92. The molecule has 12 heteroatoms. The summed E-state index contributed by atoms with van der Waals surface area (Å²) in [6.45, 7) is 0. The number of anilines is 3. The summed E-state index contributed by atoms with van der Waals surface area (Å²) in [5, 5.41) is 5.78. The zero-order valence-corrected chi connectivity index (χ0v) is 20.5. The highest BCUT2D eigenvalue weighted by Crippen LogP contribution is 2.31. The topological polar surface area (TPSA) is 125 Å². The Hall–Kier alpha value is -3.41. The van der Waals surface area contributed by atoms with Crippen LogP contribution in [0.1, 0.15) is 28.8 Å². The van der Waals surface area contributed by atoms with Crippen molar-refractivity contribution in [2.24, 2.45) is 0 Å². The van der Waals surface area contributed by atoms with E-state index in [1.54, 1.807) is 6.07 Å². The molecule has 1 saturated carbocycles. The van der Waals surface area contributed by atoms with Crippen molar-refractivity contribution in [1.82, 2.24) is 4.72 Å². The second-order valence-electron chi connectivity index (χ2n) is 8.17. The molecule has 1 aliphatic carbocycles. The maximum Gasteiger partial charge on any atom is 0.333 e. The second-order valence-corrected chi connectivity index (χ2v) is 11.8. The monoisotopic (exact) mass is 530 g/mol. The summed E-state index contributed by atoms with van der Waals surface area (Å²) in [5.41, 5.74) is 2.67. The van der Waals surface area contributed by atoms with Crippen LogP contribution in [0, 0.1) is 0 Å². The van der Waals surface area contributed by atoms with Crippen molar-refractivity contribution in [2.45, 2.75) is 29.5 Å². The highest BCUT2D eigenvalue weighted by atomic mass is 35.5. The molecule has 0 radical (unpaired) electrons. The van der Waals surface area contributed by atoms with Gasteiger partial charge in [-0.1, -0.05) is 11.6 Å². The minimum atomic E-state index is -4.06. The zero-order valence-electron chi connectivity index (χ0n) is 18.1. The van der Waals surface area contributed by atoms with Crippen LogP contribution in [0.3, 0.4) is 0 Å². The van der Waals surface area contributed by atoms with Gasteiger partial charge in [0, 0.05) is 23.0 Å². The van der Waals surface area contributed by atoms with Gasteiger partial charge in [-0.15, -0.1) is 11.3 Å². The van der Waals surface area contributed by atoms with Gasteiger partial charge in [0.25, 0.3) is 15.9 Å². The molecular weight excluding hydrogens is 512 g/mol. The Morgan fingerprint density at radius 2 is 1.71 bits per heavy atom. The van der Waals surface area contributed by atoms with Gasteiger partial charge >= 0.3 is 6.03 Å². The van der Waals surface area contributed by atoms with Gasteiger partial charge in [-0.3, -0.25) is 9.59 Å². The Bertz CT molecular complexity index is 1450. The van der Waals surface area contributed by atoms with E-state index in [2.05, 4.69) is 10.6 Å². The third-order valence-corrected chi connectivity index (χ3v) is 8.56. The molecule has 1 aliphatic heterocycles. The summed E-state index contributed by atoms with van der Waals surface area (Å²) in [6, 6.07) is 13.6. The van der Waals surface area contributed by atoms with Crippen molar-refractivity contribution in [1.29, 1.82) is 0 Å². The smallest absolute Gasteiger partial charge is 0.333 e. The van der Waals surface area contributed by atoms with E-state index in [-0.39, 0.29) is 26.6 Å². The van der Waals surface area contributed by atoms with Gasteiger partial charge in [0.15, 0.2) is 0 Å². The van der Waals surface area contributed by atoms with Crippen LogP contribution in [0.2, 0.25) is 4.34 Å². The average molecular weight is 531 g/mol. The molecule has 0 bridgehead atoms. The van der Waals surface area contributed by atoms with Crippen molar-refractivity contribution in [2.75, 3.05) is 15.5 Å². The number of benzene rings is 2. The maximum absolute atomic E-state index is 13.1. The second kappa shape index (κ2) is 8.99. The van der Waals surface area contributed by atoms with E-state index in [0.29, 0.717) is 22.9 Å². The van der Waals surface area contributed by atoms with Crippen LogP contribution in [0.15, 0.2) is 58.8 Å². The lowest BCUT2D eigenvalue weighted by Gasteiger charge is -2.27. The summed E-state index contributed by atoms with van der Waals surface area (Å²) in [7, 11) is -4.06. The number of nitrogens with zero attached hydrogens (tertiary/aromatic N) is 1. The molecule has 2 aliphatic rings. The van der Waals surface area contributed by atoms with Gasteiger partial charge in [0.05, 0.1) is 16.4 Å². The Morgan fingerprint density at radius 1 is 1.00 bits per heavy atom. The lowest BCUT2D eigenvalue weighted by Crippen LogP contribution is -2.42. The summed E-state index contributed by atoms with van der Waals surface area (Å²) < 4.78 is 26.6. The number of thiophene rings is 1. The van der Waals surface area contributed by atoms with Gasteiger partial charge in [-0.25, -0.2) is 22.8 Å².